The minimum absolute atomic E-state index is 0.00188. The molecule has 27 N–H and O–H groups in total. The van der Waals surface area contributed by atoms with Crippen LogP contribution in [0.4, 0.5) is 0 Å². The molecule has 3 fully saturated rings. The van der Waals surface area contributed by atoms with Gasteiger partial charge in [0, 0.05) is 55.0 Å². The number of aliphatic carboxylic acids is 1. The molecule has 17 bridgehead atoms. The molecule has 7 aromatic rings. The predicted molar refractivity (Wildman–Crippen MR) is 510 cm³/mol. The van der Waals surface area contributed by atoms with Gasteiger partial charge in [0.25, 0.3) is 0 Å². The molecule has 24 atom stereocenters. The number of halogens is 2. The van der Waals surface area contributed by atoms with Gasteiger partial charge in [-0.15, -0.1) is 0 Å². The Kier molecular flexibility index (Phi) is 35.1. The second kappa shape index (κ2) is 46.9. The second-order valence-corrected chi connectivity index (χ2v) is 40.3. The first-order valence-electron chi connectivity index (χ1n) is 46.9. The minimum Gasteiger partial charge on any atom is -0.508 e. The van der Waals surface area contributed by atoms with Gasteiger partial charge in [-0.3, -0.25) is 52.5 Å². The molecule has 52 heteroatoms. The molecule has 0 radical (unpaired) electrons. The maximum absolute atomic E-state index is 17.2. The van der Waals surface area contributed by atoms with Crippen LogP contribution in [0.2, 0.25) is 10.0 Å². The number of aromatic hydroxyl groups is 4. The van der Waals surface area contributed by atoms with Crippen molar-refractivity contribution < 1.29 is 191 Å². The number of aliphatic hydroxyl groups is 9. The van der Waals surface area contributed by atoms with E-state index in [1.54, 1.807) is 5.32 Å². The van der Waals surface area contributed by atoms with Crippen LogP contribution in [0.15, 0.2) is 115 Å². The van der Waals surface area contributed by atoms with E-state index in [2.05, 4.69) is 56.4 Å². The summed E-state index contributed by atoms with van der Waals surface area (Å²) in [6.07, 6.45) is -28.1. The number of carbonyl (C=O) groups is 12. The van der Waals surface area contributed by atoms with Crippen molar-refractivity contribution in [2.75, 3.05) is 19.8 Å². The number of hydrogen-bond donors (Lipinski definition) is 26. The molecule has 0 aromatic heterocycles. The van der Waals surface area contributed by atoms with Gasteiger partial charge >= 0.3 is 19.5 Å². The molecule has 16 rings (SSSR count). The van der Waals surface area contributed by atoms with Gasteiger partial charge in [-0.05, 0) is 138 Å². The summed E-state index contributed by atoms with van der Waals surface area (Å²) in [7, 11) is -5.32. The lowest BCUT2D eigenvalue weighted by Gasteiger charge is -2.44. The third kappa shape index (κ3) is 25.6. The number of carboxylic acids is 1. The molecule has 7 aromatic carbocycles. The number of unbranched alkanes of at least 4 members (excludes halogenated alkanes) is 4. The fourth-order valence-electron chi connectivity index (χ4n) is 17.9. The number of fused-ring (bicyclic) bond motifs is 14. The highest BCUT2D eigenvalue weighted by molar-refractivity contribution is 7.53. The first kappa shape index (κ1) is 111. The molecular weight excluding hydrogens is 2030 g/mol. The van der Waals surface area contributed by atoms with Crippen molar-refractivity contribution in [2.24, 2.45) is 17.1 Å². The van der Waals surface area contributed by atoms with Crippen LogP contribution in [0.5, 0.6) is 69.0 Å². The van der Waals surface area contributed by atoms with E-state index in [0.717, 1.165) is 131 Å². The molecule has 9 aliphatic rings. The number of phenols is 4. The summed E-state index contributed by atoms with van der Waals surface area (Å²) in [4.78, 5) is 199. The van der Waals surface area contributed by atoms with Crippen LogP contribution in [0.25, 0.3) is 11.1 Å². The molecule has 0 aliphatic carbocycles. The lowest BCUT2D eigenvalue weighted by Crippen LogP contribution is -2.65. The molecule has 3 saturated heterocycles. The molecule has 0 spiro atoms. The summed E-state index contributed by atoms with van der Waals surface area (Å²) in [5, 5.41) is 183. The van der Waals surface area contributed by atoms with Gasteiger partial charge in [0.05, 0.1) is 28.7 Å². The molecule has 9 heterocycles. The Morgan fingerprint density at radius 3 is 1.74 bits per heavy atom. The van der Waals surface area contributed by atoms with Crippen LogP contribution in [-0.2, 0) is 92.2 Å². The lowest BCUT2D eigenvalue weighted by molar-refractivity contribution is -0.286. The van der Waals surface area contributed by atoms with E-state index in [4.69, 9.17) is 76.3 Å². The second-order valence-electron chi connectivity index (χ2n) is 37.8. The third-order valence-corrected chi connectivity index (χ3v) is 27.4. The summed E-state index contributed by atoms with van der Waals surface area (Å²) in [6.45, 7) is 3.94. The van der Waals surface area contributed by atoms with Gasteiger partial charge in [-0.25, -0.2) is 4.79 Å². The van der Waals surface area contributed by atoms with Crippen molar-refractivity contribution >= 4 is 102 Å². The summed E-state index contributed by atoms with van der Waals surface area (Å²) in [5.74, 6) is -25.4. The zero-order valence-corrected chi connectivity index (χ0v) is 82.2. The average Bonchev–Trinajstić information content (AvgIpc) is 0.551. The molecule has 49 nitrogen and oxygen atoms in total. The minimum atomic E-state index is -5.32. The number of carbonyl (C=O) groups excluding carboxylic acids is 11. The molecular formula is C97H111Cl2N10O39P. The highest BCUT2D eigenvalue weighted by Crippen LogP contribution is 2.52. The highest BCUT2D eigenvalue weighted by Gasteiger charge is 2.54. The summed E-state index contributed by atoms with van der Waals surface area (Å²) >= 11 is 14.8. The van der Waals surface area contributed by atoms with E-state index in [-0.39, 0.29) is 34.6 Å². The Balaban J connectivity index is 1.01. The van der Waals surface area contributed by atoms with Crippen molar-refractivity contribution in [3.63, 3.8) is 0 Å². The Morgan fingerprint density at radius 2 is 1.11 bits per heavy atom. The number of aldehydes is 1. The van der Waals surface area contributed by atoms with Gasteiger partial charge in [0.1, 0.15) is 162 Å². The van der Waals surface area contributed by atoms with E-state index in [9.17, 15) is 119 Å². The number of rotatable bonds is 27. The molecule has 802 valence electrons. The third-order valence-electron chi connectivity index (χ3n) is 25.8. The molecule has 9 amide bonds. The fraction of sp³-hybridized carbons (Fsp3) is 0.443. The van der Waals surface area contributed by atoms with E-state index in [1.807, 2.05) is 0 Å². The van der Waals surface area contributed by atoms with Gasteiger partial charge < -0.3 is 187 Å². The SMILES string of the molecule is CC(=O)N[C@H]1[C@H](O[C@@H]2c3ccc(c(Cl)c3)Oc3cc4cc(c3O[C@@H]3O[C@H](CO)[C@@H](O)[C@H](O)[C@H]3NC(=O)CCCCCCCC(C)C)Oc3ccc(cc3Cl)C[C@H]3NC(=O)[C@H](N)c5ccc(O)c(c5)Oc5cc(O)cc(c5)[C@H](NC3=O)C(=O)N[C@H]4C(=O)N[C@H]3C(=O)N[C@@H]2C(=O)N[C@@H](C(=O)O)c2cc(O)cc(O[C@H]4O[C@H](CO)[C@@H](O)[C@H](O)[C@@H]4O)c2-c2cc3ccc2O)O[C@H](COC(=O)C(C)(C)CC(=O)NC(C=O)P(=O)(O)O)[C@@H](O)[C@@H]1O. The van der Waals surface area contributed by atoms with Crippen molar-refractivity contribution in [2.45, 2.75) is 239 Å². The van der Waals surface area contributed by atoms with Crippen molar-refractivity contribution in [3.8, 4) is 80.1 Å². The quantitative estimate of drug-likeness (QED) is 0.0149. The smallest absolute Gasteiger partial charge is 0.355 e. The first-order valence-corrected chi connectivity index (χ1v) is 49.4. The fourth-order valence-corrected chi connectivity index (χ4v) is 18.8. The Hall–Kier alpha value is -13.2. The van der Waals surface area contributed by atoms with Crippen LogP contribution in [-0.4, -0.2) is 282 Å². The summed E-state index contributed by atoms with van der Waals surface area (Å²) in [6, 6.07) is -1.01. The van der Waals surface area contributed by atoms with Gasteiger partial charge in [-0.1, -0.05) is 93.4 Å². The first-order chi connectivity index (χ1) is 70.5. The maximum atomic E-state index is 17.2. The number of benzene rings is 7. The van der Waals surface area contributed by atoms with Crippen molar-refractivity contribution in [1.29, 1.82) is 0 Å². The number of carboxylic acid groups (broad SMARTS) is 1. The van der Waals surface area contributed by atoms with Gasteiger partial charge in [-0.2, -0.15) is 0 Å². The number of amides is 9. The van der Waals surface area contributed by atoms with E-state index >= 15 is 24.0 Å². The monoisotopic (exact) mass is 2140 g/mol. The molecule has 1 unspecified atom stereocenters. The Morgan fingerprint density at radius 1 is 0.550 bits per heavy atom. The van der Waals surface area contributed by atoms with Crippen LogP contribution >= 0.6 is 30.8 Å². The Labute approximate surface area is 856 Å². The number of phenolic OH excluding ortho intramolecular Hbond substituents is 4. The normalized spacial score (nSPS) is 27.3. The maximum Gasteiger partial charge on any atom is 0.355 e. The zero-order chi connectivity index (χ0) is 108. The van der Waals surface area contributed by atoms with E-state index < -0.39 is 364 Å². The highest BCUT2D eigenvalue weighted by atomic mass is 35.5. The number of nitrogens with two attached hydrogens (primary N) is 1. The molecule has 9 aliphatic heterocycles. The summed E-state index contributed by atoms with van der Waals surface area (Å²) in [5.41, 5.74) is 0.218. The molecule has 149 heavy (non-hydrogen) atoms. The van der Waals surface area contributed by atoms with Crippen molar-refractivity contribution in [3.05, 3.63) is 164 Å². The van der Waals surface area contributed by atoms with Crippen LogP contribution in [0, 0.1) is 11.3 Å². The number of ether oxygens (including phenoxy) is 10. The van der Waals surface area contributed by atoms with Crippen molar-refractivity contribution in [1.82, 2.24) is 47.9 Å². The standard InChI is InChI=1S/C97H111Cl2N10O39P/c1-38(2)11-9-7-6-8-10-12-65(118)104-75-81(124)77(120)62(34-110)144-94(75)148-85-60-28-45-29-61(85)142-57-20-16-43(26-52(57)99)84(147-93-74(101-39(3)113)80(123)79(122)64(146-93)37-139-96(135)97(4,5)33-66(119)103-67(36-112)149(136,137)138)76-91(132)108-73(92(133)134)50-31-47(115)32-59(143-95-83(126)82(125)78(121)63(35-111)145-95)68(50)49-25-42(15-17-54(49)116)70(88(129)109-76)106-90(131)72(45)107-89(130)71-44-23-46(114)30-48(24-44)140-58-27-41(14-18-55(58)117)69(100)87(128)102-53(86(127)105-71)22-40-13-19-56(141-60)51(98)21-40/h13-21,23-32,36,38,53,62-64,67,69-84,93-95,110-111,114-117,120-126H,6-12,22,33-35,37,100H2,1-5H3,(H,101,113)(H,102,128)(H,103,119)(H,104,118)(H,105,127)(H,106,131)(H,107,130)(H,108,132)(H,109,129)(H,133,134)(H2,136,137,138)/t53-,62-,63-,64-,67?,69-,70-,71+,72-,73-,74-,75-,76+,77-,78-,79-,80-,81-,82+,83+,84-,93+,94+,95+/m1/s1. The number of nitrogens with one attached hydrogen (secondary N) is 9. The van der Waals surface area contributed by atoms with Gasteiger partial charge in [0.15, 0.2) is 47.4 Å². The summed E-state index contributed by atoms with van der Waals surface area (Å²) < 4.78 is 75.6. The van der Waals surface area contributed by atoms with Crippen LogP contribution < -0.4 is 77.3 Å². The van der Waals surface area contributed by atoms with E-state index in [0.29, 0.717) is 24.8 Å². The van der Waals surface area contributed by atoms with E-state index in [1.165, 1.54) is 24.3 Å². The predicted octanol–water partition coefficient (Wildman–Crippen LogP) is 1.20. The van der Waals surface area contributed by atoms with Gasteiger partial charge in [0.2, 0.25) is 71.5 Å². The zero-order valence-electron chi connectivity index (χ0n) is 79.8. The average molecular weight is 2140 g/mol. The number of esters is 1. The topological polar surface area (TPSA) is 772 Å². The van der Waals surface area contributed by atoms with Crippen LogP contribution in [0.1, 0.15) is 161 Å². The number of hydrogen-bond acceptors (Lipinski definition) is 37. The number of aliphatic hydroxyl groups excluding tert-OH is 9. The Bertz CT molecular complexity index is 6320. The molecule has 0 saturated carbocycles. The largest absolute Gasteiger partial charge is 0.508 e. The lowest BCUT2D eigenvalue weighted by atomic mass is 9.89. The van der Waals surface area contributed by atoms with Crippen LogP contribution in [0.3, 0.4) is 0 Å².